The lowest BCUT2D eigenvalue weighted by Gasteiger charge is -2.04. The van der Waals surface area contributed by atoms with Crippen LogP contribution in [0.25, 0.3) is 6.08 Å². The average molecular weight is 360 g/mol. The maximum Gasteiger partial charge on any atom is 0.243 e. The van der Waals surface area contributed by atoms with Gasteiger partial charge in [0.05, 0.1) is 0 Å². The van der Waals surface area contributed by atoms with Crippen molar-refractivity contribution in [1.82, 2.24) is 5.32 Å². The molecule has 0 saturated carbocycles. The van der Waals surface area contributed by atoms with Crippen molar-refractivity contribution in [3.05, 3.63) is 35.9 Å². The molecular formula is C23H37NO2. The van der Waals surface area contributed by atoms with E-state index in [4.69, 9.17) is 0 Å². The number of benzene rings is 1. The number of nitrogens with one attached hydrogen (secondary N) is 1. The Bertz CT molecular complexity index is 493. The van der Waals surface area contributed by atoms with Gasteiger partial charge in [-0.25, -0.2) is 0 Å². The zero-order chi connectivity index (χ0) is 18.9. The lowest BCUT2D eigenvalue weighted by atomic mass is 10.1. The standard InChI is InChI=1S/C23H37NO2/c1-2-3-4-5-6-7-8-9-10-11-12-13-20-24-23(26)19-16-21-14-17-22(25)18-15-21/h14-19,25H,2-13,20H2,1H3,(H,24,26). The van der Waals surface area contributed by atoms with Crippen LogP contribution in [-0.4, -0.2) is 17.6 Å². The van der Waals surface area contributed by atoms with Crippen molar-refractivity contribution >= 4 is 12.0 Å². The second kappa shape index (κ2) is 15.5. The summed E-state index contributed by atoms with van der Waals surface area (Å²) in [7, 11) is 0. The lowest BCUT2D eigenvalue weighted by Crippen LogP contribution is -2.21. The molecule has 0 heterocycles. The molecule has 0 atom stereocenters. The number of rotatable bonds is 15. The highest BCUT2D eigenvalue weighted by Gasteiger charge is 1.96. The predicted molar refractivity (Wildman–Crippen MR) is 111 cm³/mol. The van der Waals surface area contributed by atoms with Gasteiger partial charge in [0.1, 0.15) is 5.75 Å². The number of amides is 1. The van der Waals surface area contributed by atoms with Crippen molar-refractivity contribution in [3.8, 4) is 5.75 Å². The third-order valence-corrected chi connectivity index (χ3v) is 4.65. The number of aromatic hydroxyl groups is 1. The first-order chi connectivity index (χ1) is 12.7. The minimum absolute atomic E-state index is 0.0545. The number of unbranched alkanes of at least 4 members (excludes halogenated alkanes) is 11. The Morgan fingerprint density at radius 1 is 0.846 bits per heavy atom. The smallest absolute Gasteiger partial charge is 0.243 e. The Labute approximate surface area is 159 Å². The van der Waals surface area contributed by atoms with Gasteiger partial charge in [0.15, 0.2) is 0 Å². The first-order valence-electron chi connectivity index (χ1n) is 10.5. The molecule has 0 radical (unpaired) electrons. The van der Waals surface area contributed by atoms with Crippen LogP contribution < -0.4 is 5.32 Å². The van der Waals surface area contributed by atoms with Gasteiger partial charge in [-0.05, 0) is 30.2 Å². The van der Waals surface area contributed by atoms with Crippen LogP contribution in [0.3, 0.4) is 0 Å². The van der Waals surface area contributed by atoms with Crippen molar-refractivity contribution in [2.24, 2.45) is 0 Å². The Hall–Kier alpha value is -1.77. The monoisotopic (exact) mass is 359 g/mol. The van der Waals surface area contributed by atoms with E-state index in [1.165, 1.54) is 70.6 Å². The van der Waals surface area contributed by atoms with E-state index in [9.17, 15) is 9.90 Å². The van der Waals surface area contributed by atoms with Crippen molar-refractivity contribution in [2.45, 2.75) is 84.0 Å². The summed E-state index contributed by atoms with van der Waals surface area (Å²) in [5.41, 5.74) is 0.906. The second-order valence-corrected chi connectivity index (χ2v) is 7.10. The van der Waals surface area contributed by atoms with Crippen LogP contribution in [-0.2, 0) is 4.79 Å². The van der Waals surface area contributed by atoms with Gasteiger partial charge in [0, 0.05) is 12.6 Å². The molecule has 26 heavy (non-hydrogen) atoms. The number of hydrogen-bond donors (Lipinski definition) is 2. The molecule has 2 N–H and O–H groups in total. The third-order valence-electron chi connectivity index (χ3n) is 4.65. The summed E-state index contributed by atoms with van der Waals surface area (Å²) in [6.45, 7) is 3.01. The zero-order valence-electron chi connectivity index (χ0n) is 16.5. The fourth-order valence-corrected chi connectivity index (χ4v) is 2.99. The summed E-state index contributed by atoms with van der Waals surface area (Å²) in [4.78, 5) is 11.7. The first kappa shape index (κ1) is 22.3. The number of phenolic OH excluding ortho intramolecular Hbond substituents is 1. The molecule has 1 aromatic rings. The summed E-state index contributed by atoms with van der Waals surface area (Å²) in [6, 6.07) is 6.79. The summed E-state index contributed by atoms with van der Waals surface area (Å²) in [5, 5.41) is 12.1. The van der Waals surface area contributed by atoms with Gasteiger partial charge in [-0.2, -0.15) is 0 Å². The number of carbonyl (C=O) groups is 1. The number of carbonyl (C=O) groups excluding carboxylic acids is 1. The molecule has 0 aromatic heterocycles. The molecule has 0 aliphatic heterocycles. The minimum atomic E-state index is -0.0545. The molecule has 1 rings (SSSR count). The second-order valence-electron chi connectivity index (χ2n) is 7.10. The SMILES string of the molecule is CCCCCCCCCCCCCCNC(=O)C=Cc1ccc(O)cc1. The zero-order valence-corrected chi connectivity index (χ0v) is 16.5. The van der Waals surface area contributed by atoms with E-state index in [0.29, 0.717) is 0 Å². The van der Waals surface area contributed by atoms with Gasteiger partial charge in [-0.1, -0.05) is 89.7 Å². The topological polar surface area (TPSA) is 49.3 Å². The van der Waals surface area contributed by atoms with Crippen molar-refractivity contribution in [1.29, 1.82) is 0 Å². The molecule has 3 nitrogen and oxygen atoms in total. The van der Waals surface area contributed by atoms with Crippen LogP contribution in [0.1, 0.15) is 89.5 Å². The van der Waals surface area contributed by atoms with Crippen LogP contribution in [0, 0.1) is 0 Å². The summed E-state index contributed by atoms with van der Waals surface area (Å²) in [6.07, 6.45) is 19.2. The summed E-state index contributed by atoms with van der Waals surface area (Å²) < 4.78 is 0. The number of phenols is 1. The normalized spacial score (nSPS) is 11.1. The fraction of sp³-hybridized carbons (Fsp3) is 0.609. The Morgan fingerprint density at radius 3 is 1.88 bits per heavy atom. The minimum Gasteiger partial charge on any atom is -0.508 e. The fourth-order valence-electron chi connectivity index (χ4n) is 2.99. The highest BCUT2D eigenvalue weighted by molar-refractivity contribution is 5.91. The highest BCUT2D eigenvalue weighted by atomic mass is 16.3. The van der Waals surface area contributed by atoms with E-state index >= 15 is 0 Å². The molecule has 0 spiro atoms. The lowest BCUT2D eigenvalue weighted by molar-refractivity contribution is -0.116. The molecule has 0 unspecified atom stereocenters. The quantitative estimate of drug-likeness (QED) is 0.288. The third kappa shape index (κ3) is 12.6. The molecule has 0 aliphatic carbocycles. The van der Waals surface area contributed by atoms with Crippen molar-refractivity contribution in [2.75, 3.05) is 6.54 Å². The van der Waals surface area contributed by atoms with Gasteiger partial charge in [0.2, 0.25) is 5.91 Å². The molecule has 1 amide bonds. The van der Waals surface area contributed by atoms with Crippen molar-refractivity contribution < 1.29 is 9.90 Å². The van der Waals surface area contributed by atoms with Crippen molar-refractivity contribution in [3.63, 3.8) is 0 Å². The molecule has 0 fully saturated rings. The van der Waals surface area contributed by atoms with Gasteiger partial charge in [-0.15, -0.1) is 0 Å². The van der Waals surface area contributed by atoms with Gasteiger partial charge < -0.3 is 10.4 Å². The largest absolute Gasteiger partial charge is 0.508 e. The van der Waals surface area contributed by atoms with Crippen LogP contribution in [0.4, 0.5) is 0 Å². The molecule has 0 aliphatic rings. The summed E-state index contributed by atoms with van der Waals surface area (Å²) >= 11 is 0. The predicted octanol–water partition coefficient (Wildman–Crippen LogP) is 6.22. The van der Waals surface area contributed by atoms with Crippen LogP contribution in [0.5, 0.6) is 5.75 Å². The molecule has 0 bridgehead atoms. The van der Waals surface area contributed by atoms with Gasteiger partial charge in [-0.3, -0.25) is 4.79 Å². The van der Waals surface area contributed by atoms with E-state index < -0.39 is 0 Å². The maximum absolute atomic E-state index is 11.7. The van der Waals surface area contributed by atoms with E-state index in [2.05, 4.69) is 12.2 Å². The Balaban J connectivity index is 1.89. The first-order valence-corrected chi connectivity index (χ1v) is 10.5. The molecule has 146 valence electrons. The molecule has 1 aromatic carbocycles. The van der Waals surface area contributed by atoms with E-state index in [1.807, 2.05) is 0 Å². The Kier molecular flexibility index (Phi) is 13.3. The van der Waals surface area contributed by atoms with Crippen LogP contribution in [0.2, 0.25) is 0 Å². The van der Waals surface area contributed by atoms with Crippen LogP contribution in [0.15, 0.2) is 30.3 Å². The van der Waals surface area contributed by atoms with E-state index in [1.54, 1.807) is 36.4 Å². The van der Waals surface area contributed by atoms with E-state index in [0.717, 1.165) is 18.5 Å². The maximum atomic E-state index is 11.7. The highest BCUT2D eigenvalue weighted by Crippen LogP contribution is 2.12. The Morgan fingerprint density at radius 2 is 1.35 bits per heavy atom. The molecular weight excluding hydrogens is 322 g/mol. The average Bonchev–Trinajstić information content (AvgIpc) is 2.65. The summed E-state index contributed by atoms with van der Waals surface area (Å²) in [5.74, 6) is 0.180. The van der Waals surface area contributed by atoms with Gasteiger partial charge in [0.25, 0.3) is 0 Å². The molecule has 3 heteroatoms. The number of hydrogen-bond acceptors (Lipinski definition) is 2. The molecule has 0 saturated heterocycles. The van der Waals surface area contributed by atoms with Crippen LogP contribution >= 0.6 is 0 Å². The van der Waals surface area contributed by atoms with E-state index in [-0.39, 0.29) is 11.7 Å². The van der Waals surface area contributed by atoms with Gasteiger partial charge >= 0.3 is 0 Å².